The topological polar surface area (TPSA) is 188 Å². The Hall–Kier alpha value is -3.39. The van der Waals surface area contributed by atoms with Gasteiger partial charge < -0.3 is 0 Å². The Bertz CT molecular complexity index is 1480. The summed E-state index contributed by atoms with van der Waals surface area (Å²) in [6.45, 7) is 8.00. The van der Waals surface area contributed by atoms with Gasteiger partial charge in [0.1, 0.15) is 0 Å². The van der Waals surface area contributed by atoms with Gasteiger partial charge in [-0.25, -0.2) is 27.1 Å². The molecule has 2 N–H and O–H groups in total. The molecule has 2 amide bonds. The van der Waals surface area contributed by atoms with Crippen molar-refractivity contribution in [2.24, 2.45) is 0 Å². The minimum absolute atomic E-state index is 0.156. The molecule has 11 nitrogen and oxygen atoms in total. The number of benzene rings is 2. The van der Waals surface area contributed by atoms with Gasteiger partial charge in [-0.1, -0.05) is 19.1 Å². The van der Waals surface area contributed by atoms with Crippen molar-refractivity contribution >= 4 is 27.5 Å². The second-order valence-electron chi connectivity index (χ2n) is 9.52. The van der Waals surface area contributed by atoms with Crippen molar-refractivity contribution in [3.63, 3.8) is 0 Å². The third kappa shape index (κ3) is 7.42. The van der Waals surface area contributed by atoms with Crippen LogP contribution in [0.4, 0.5) is 5.69 Å². The first-order valence-electron chi connectivity index (χ1n) is 12.3. The number of halogens is 1. The number of piperidine rings is 1. The second kappa shape index (κ2) is 12.0. The fraction of sp³-hybridized carbons (Fsp3) is 0.296. The lowest BCUT2D eigenvalue weighted by Gasteiger charge is -2.35. The predicted molar refractivity (Wildman–Crippen MR) is 134 cm³/mol. The van der Waals surface area contributed by atoms with Gasteiger partial charge >= 0.3 is 0 Å². The molecule has 2 heterocycles. The zero-order valence-electron chi connectivity index (χ0n) is 22.4. The quantitative estimate of drug-likeness (QED) is 0.270. The minimum Gasteiger partial charge on any atom is -0.296 e. The highest BCUT2D eigenvalue weighted by Gasteiger charge is 2.42. The van der Waals surface area contributed by atoms with Crippen LogP contribution in [0.1, 0.15) is 48.7 Å². The van der Waals surface area contributed by atoms with E-state index in [1.165, 1.54) is 5.56 Å². The van der Waals surface area contributed by atoms with Crippen molar-refractivity contribution in [2.75, 3.05) is 4.72 Å². The smallest absolute Gasteiger partial charge is 0.261 e. The third-order valence-electron chi connectivity index (χ3n) is 6.74. The summed E-state index contributed by atoms with van der Waals surface area (Å²) < 4.78 is 64.7. The van der Waals surface area contributed by atoms with Gasteiger partial charge in [-0.15, -0.1) is 10.2 Å². The van der Waals surface area contributed by atoms with Gasteiger partial charge in [0.25, 0.3) is 10.0 Å². The van der Waals surface area contributed by atoms with Crippen molar-refractivity contribution in [1.29, 1.82) is 0 Å². The summed E-state index contributed by atoms with van der Waals surface area (Å²) in [5, 5.41) is 2.43. The van der Waals surface area contributed by atoms with Crippen LogP contribution in [0.15, 0.2) is 65.6 Å². The molecule has 3 aromatic rings. The average molecular weight is 592 g/mol. The summed E-state index contributed by atoms with van der Waals surface area (Å²) in [6.07, 6.45) is 1.26. The Kier molecular flexibility index (Phi) is 9.35. The van der Waals surface area contributed by atoms with E-state index >= 15 is 0 Å². The van der Waals surface area contributed by atoms with Gasteiger partial charge in [0.2, 0.25) is 17.5 Å². The highest BCUT2D eigenvalue weighted by Crippen LogP contribution is 2.36. The molecule has 0 saturated carbocycles. The van der Waals surface area contributed by atoms with E-state index in [2.05, 4.69) is 26.7 Å². The SMILES string of the molecule is CCC1(c2ccc(NS(=O)(=O)c3ccc(-[n+]4c(C)cc(C)cc4C)cc3)cc2)CCC(=O)NC1=O.[O-][Cl+3]([O-])([O-])[O-]. The van der Waals surface area contributed by atoms with Crippen LogP contribution in [-0.2, 0) is 25.0 Å². The lowest BCUT2D eigenvalue weighted by atomic mass is 9.72. The maximum atomic E-state index is 13.0. The van der Waals surface area contributed by atoms with E-state index in [1.807, 2.05) is 27.7 Å². The normalized spacial score (nSPS) is 17.5. The van der Waals surface area contributed by atoms with Gasteiger partial charge in [0.05, 0.1) is 10.3 Å². The van der Waals surface area contributed by atoms with Crippen molar-refractivity contribution in [2.45, 2.75) is 57.3 Å². The van der Waals surface area contributed by atoms with Gasteiger partial charge in [0, 0.05) is 50.2 Å². The number of carbonyl (C=O) groups is 2. The molecule has 0 aliphatic carbocycles. The van der Waals surface area contributed by atoms with Crippen molar-refractivity contribution in [3.05, 3.63) is 83.2 Å². The zero-order valence-corrected chi connectivity index (χ0v) is 24.0. The summed E-state index contributed by atoms with van der Waals surface area (Å²) in [7, 11) is -8.74. The van der Waals surface area contributed by atoms with E-state index in [1.54, 1.807) is 48.5 Å². The maximum Gasteiger partial charge on any atom is 0.261 e. The average Bonchev–Trinajstić information content (AvgIpc) is 2.84. The van der Waals surface area contributed by atoms with Gasteiger partial charge in [-0.2, -0.15) is 4.57 Å². The molecule has 0 bridgehead atoms. The number of amides is 2. The lowest BCUT2D eigenvalue weighted by molar-refractivity contribution is -2.00. The number of pyridine rings is 1. The first-order chi connectivity index (χ1) is 18.6. The molecule has 1 fully saturated rings. The number of aryl methyl sites for hydroxylation is 3. The molecule has 40 heavy (non-hydrogen) atoms. The third-order valence-corrected chi connectivity index (χ3v) is 8.14. The molecule has 2 aromatic carbocycles. The number of nitrogens with one attached hydrogen (secondary N) is 2. The van der Waals surface area contributed by atoms with Gasteiger partial charge in [0.15, 0.2) is 11.4 Å². The van der Waals surface area contributed by atoms with E-state index in [-0.39, 0.29) is 23.1 Å². The number of hydrogen-bond donors (Lipinski definition) is 2. The first-order valence-corrected chi connectivity index (χ1v) is 15.0. The highest BCUT2D eigenvalue weighted by atomic mass is 35.7. The molecule has 1 saturated heterocycles. The Morgan fingerprint density at radius 3 is 1.93 bits per heavy atom. The van der Waals surface area contributed by atoms with E-state index in [9.17, 15) is 18.0 Å². The molecule has 1 atom stereocenters. The van der Waals surface area contributed by atoms with Crippen molar-refractivity contribution < 1.29 is 51.5 Å². The van der Waals surface area contributed by atoms with Crippen LogP contribution in [-0.4, -0.2) is 20.2 Å². The largest absolute Gasteiger partial charge is 0.296 e. The van der Waals surface area contributed by atoms with E-state index in [0.717, 1.165) is 22.6 Å². The number of anilines is 1. The van der Waals surface area contributed by atoms with Crippen LogP contribution >= 0.6 is 0 Å². The number of hydrogen-bond acceptors (Lipinski definition) is 8. The number of nitrogens with zero attached hydrogens (tertiary/aromatic N) is 1. The summed E-state index contributed by atoms with van der Waals surface area (Å²) in [4.78, 5) is 24.3. The Morgan fingerprint density at radius 1 is 0.925 bits per heavy atom. The van der Waals surface area contributed by atoms with Crippen LogP contribution in [0.2, 0.25) is 0 Å². The molecular weight excluding hydrogens is 562 g/mol. The van der Waals surface area contributed by atoms with E-state index < -0.39 is 25.7 Å². The summed E-state index contributed by atoms with van der Waals surface area (Å²) in [5.74, 6) is -0.567. The molecule has 1 unspecified atom stereocenters. The molecule has 1 aliphatic rings. The van der Waals surface area contributed by atoms with E-state index in [4.69, 9.17) is 18.6 Å². The molecule has 13 heteroatoms. The molecule has 0 spiro atoms. The minimum atomic E-state index is -4.94. The maximum absolute atomic E-state index is 13.0. The lowest BCUT2D eigenvalue weighted by Crippen LogP contribution is -2.68. The number of imide groups is 1. The second-order valence-corrected chi connectivity index (χ2v) is 12.0. The fourth-order valence-corrected chi connectivity index (χ4v) is 5.99. The highest BCUT2D eigenvalue weighted by molar-refractivity contribution is 7.92. The first kappa shape index (κ1) is 31.1. The number of sulfonamides is 1. The molecule has 1 aromatic heterocycles. The number of carbonyl (C=O) groups excluding carboxylic acids is 2. The summed E-state index contributed by atoms with van der Waals surface area (Å²) in [6, 6.07) is 17.7. The molecular formula is C27H30ClN3O8S. The molecule has 4 rings (SSSR count). The van der Waals surface area contributed by atoms with Crippen LogP contribution in [0, 0.1) is 31.0 Å². The van der Waals surface area contributed by atoms with Gasteiger partial charge in [-0.05, 0) is 55.2 Å². The number of aromatic nitrogens is 1. The van der Waals surface area contributed by atoms with Crippen LogP contribution in [0.3, 0.4) is 0 Å². The van der Waals surface area contributed by atoms with Gasteiger partial charge in [-0.3, -0.25) is 19.6 Å². The zero-order chi connectivity index (χ0) is 29.9. The Balaban J connectivity index is 0.000000810. The van der Waals surface area contributed by atoms with Crippen LogP contribution in [0.25, 0.3) is 5.69 Å². The Morgan fingerprint density at radius 2 is 1.45 bits per heavy atom. The molecule has 1 aliphatic heterocycles. The van der Waals surface area contributed by atoms with Crippen LogP contribution in [0.5, 0.6) is 0 Å². The summed E-state index contributed by atoms with van der Waals surface area (Å²) in [5.41, 5.74) is 4.57. The molecule has 0 radical (unpaired) electrons. The molecule has 214 valence electrons. The number of rotatable bonds is 6. The van der Waals surface area contributed by atoms with E-state index in [0.29, 0.717) is 18.5 Å². The predicted octanol–water partition coefficient (Wildman–Crippen LogP) is -0.982. The standard InChI is InChI=1S/C27H29N3O4S.ClHO4/c1-5-27(15-14-25(31)28-26(27)32)21-6-8-22(9-7-21)29-35(33,34)24-12-10-23(11-13-24)30-19(3)16-18(2)17-20(30)4;2-1(3,4)5/h6-13,16-17,29H,5,14-15H2,1-4H3;(H,2,3,4,5). The Labute approximate surface area is 234 Å². The fourth-order valence-electron chi connectivity index (χ4n) is 4.93. The summed E-state index contributed by atoms with van der Waals surface area (Å²) >= 11 is 0. The monoisotopic (exact) mass is 591 g/mol. The van der Waals surface area contributed by atoms with Crippen molar-refractivity contribution in [3.8, 4) is 5.69 Å². The van der Waals surface area contributed by atoms with Crippen molar-refractivity contribution in [1.82, 2.24) is 5.32 Å². The van der Waals surface area contributed by atoms with Crippen LogP contribution < -0.4 is 33.2 Å².